The van der Waals surface area contributed by atoms with Crippen molar-refractivity contribution in [2.75, 3.05) is 0 Å². The van der Waals surface area contributed by atoms with E-state index in [1.807, 2.05) is 0 Å². The maximum absolute atomic E-state index is 2.47. The molecule has 0 nitrogen and oxygen atoms in total. The fourth-order valence-electron chi connectivity index (χ4n) is 4.54. The molecule has 1 fully saturated rings. The molecular weight excluding hydrogens is 450 g/mol. The maximum atomic E-state index is 2.47. The number of aryl methyl sites for hydroxylation is 2. The van der Waals surface area contributed by atoms with Crippen molar-refractivity contribution in [1.82, 2.24) is 0 Å². The van der Waals surface area contributed by atoms with Crippen LogP contribution in [0.3, 0.4) is 0 Å². The van der Waals surface area contributed by atoms with Gasteiger partial charge in [-0.1, -0.05) is 0 Å². The Bertz CT molecular complexity index is 1210. The van der Waals surface area contributed by atoms with E-state index in [2.05, 4.69) is 56.3 Å². The van der Waals surface area contributed by atoms with Crippen LogP contribution in [0.4, 0.5) is 0 Å². The van der Waals surface area contributed by atoms with Crippen molar-refractivity contribution in [3.63, 3.8) is 0 Å². The third-order valence-corrected chi connectivity index (χ3v) is 7.19. The van der Waals surface area contributed by atoms with E-state index in [0.29, 0.717) is 0 Å². The molecule has 0 radical (unpaired) electrons. The van der Waals surface area contributed by atoms with Crippen LogP contribution in [-0.2, 0) is 24.7 Å². The van der Waals surface area contributed by atoms with Gasteiger partial charge in [0.25, 0.3) is 0 Å². The van der Waals surface area contributed by atoms with Gasteiger partial charge in [-0.2, -0.15) is 0 Å². The summed E-state index contributed by atoms with van der Waals surface area (Å²) in [4.78, 5) is 0. The third-order valence-electron chi connectivity index (χ3n) is 5.91. The smallest absolute Gasteiger partial charge is 1.00 e. The van der Waals surface area contributed by atoms with Crippen molar-refractivity contribution < 1.29 is 49.5 Å². The number of hydrogen-bond donors (Lipinski definition) is 0. The topological polar surface area (TPSA) is 0 Å². The minimum Gasteiger partial charge on any atom is -1.00 e. The Labute approximate surface area is 188 Å². The van der Waals surface area contributed by atoms with Gasteiger partial charge in [0, 0.05) is 0 Å². The second-order valence-electron chi connectivity index (χ2n) is 7.57. The van der Waals surface area contributed by atoms with E-state index < -0.39 is 0 Å². The predicted molar refractivity (Wildman–Crippen MR) is 101 cm³/mol. The molecular formula is C24H21Cl2Zr. The molecule has 0 spiro atoms. The summed E-state index contributed by atoms with van der Waals surface area (Å²) in [6.45, 7) is 4.53. The molecule has 0 bridgehead atoms. The number of rotatable bonds is 1. The molecule has 0 heterocycles. The summed E-state index contributed by atoms with van der Waals surface area (Å²) < 4.78 is 1.54. The molecule has 3 aliphatic rings. The Kier molecular flexibility index (Phi) is 6.07. The average Bonchev–Trinajstić information content (AvgIpc) is 3.15. The number of fused-ring (bicyclic) bond motifs is 2. The first kappa shape index (κ1) is 20.8. The zero-order chi connectivity index (χ0) is 17.1. The number of allylic oxidation sites excluding steroid dienone is 4. The van der Waals surface area contributed by atoms with Crippen LogP contribution < -0.4 is 35.3 Å². The molecule has 27 heavy (non-hydrogen) atoms. The molecule has 1 saturated carbocycles. The minimum absolute atomic E-state index is 0. The van der Waals surface area contributed by atoms with Gasteiger partial charge in [0.2, 0.25) is 0 Å². The van der Waals surface area contributed by atoms with Gasteiger partial charge in [-0.3, -0.25) is 0 Å². The van der Waals surface area contributed by atoms with E-state index in [1.54, 1.807) is 19.6 Å². The average molecular weight is 472 g/mol. The van der Waals surface area contributed by atoms with E-state index in [9.17, 15) is 0 Å². The van der Waals surface area contributed by atoms with Crippen LogP contribution in [0.25, 0.3) is 14.4 Å². The van der Waals surface area contributed by atoms with Gasteiger partial charge in [0.05, 0.1) is 0 Å². The molecule has 0 aliphatic heterocycles. The summed E-state index contributed by atoms with van der Waals surface area (Å²) in [6.07, 6.45) is 11.9. The summed E-state index contributed by atoms with van der Waals surface area (Å²) in [6, 6.07) is 9.45. The van der Waals surface area contributed by atoms with Gasteiger partial charge in [-0.05, 0) is 0 Å². The first-order valence-electron chi connectivity index (χ1n) is 9.24. The van der Waals surface area contributed by atoms with Crippen molar-refractivity contribution in [3.8, 4) is 0 Å². The molecule has 0 aromatic heterocycles. The SMILES string of the molecule is Cc1ccc2c(c1)=c1cc(C)c(=C3CCC3)c(C3=CC=CC3)c1[C]=2[Zr+2].[Cl-].[Cl-]. The number of hydrogen-bond acceptors (Lipinski definition) is 0. The fraction of sp³-hybridized carbons (Fsp3) is 0.250. The maximum Gasteiger partial charge on any atom is -1.00 e. The quantitative estimate of drug-likeness (QED) is 0.465. The molecule has 0 atom stereocenters. The first-order valence-corrected chi connectivity index (χ1v) is 10.5. The first-order chi connectivity index (χ1) is 12.1. The molecule has 5 rings (SSSR count). The fourth-order valence-corrected chi connectivity index (χ4v) is 5.71. The van der Waals surface area contributed by atoms with Gasteiger partial charge in [-0.25, -0.2) is 0 Å². The van der Waals surface area contributed by atoms with Crippen LogP contribution in [-0.4, -0.2) is 0 Å². The summed E-state index contributed by atoms with van der Waals surface area (Å²) in [5.41, 5.74) is 9.10. The van der Waals surface area contributed by atoms with Crippen molar-refractivity contribution >= 4 is 14.4 Å². The molecule has 0 N–H and O–H groups in total. The van der Waals surface area contributed by atoms with Crippen molar-refractivity contribution in [1.29, 1.82) is 0 Å². The molecule has 0 saturated heterocycles. The van der Waals surface area contributed by atoms with Gasteiger partial charge in [0.15, 0.2) is 0 Å². The Balaban J connectivity index is 0.00000105. The molecule has 2 aromatic carbocycles. The van der Waals surface area contributed by atoms with Crippen LogP contribution in [0.15, 0.2) is 42.5 Å². The summed E-state index contributed by atoms with van der Waals surface area (Å²) in [5.74, 6) is 0. The van der Waals surface area contributed by atoms with E-state index >= 15 is 0 Å². The van der Waals surface area contributed by atoms with Crippen LogP contribution >= 0.6 is 0 Å². The van der Waals surface area contributed by atoms with Crippen molar-refractivity contribution in [3.05, 3.63) is 85.6 Å². The summed E-state index contributed by atoms with van der Waals surface area (Å²) in [7, 11) is 0. The summed E-state index contributed by atoms with van der Waals surface area (Å²) >= 11 is 1.52. The normalized spacial score (nSPS) is 16.2. The van der Waals surface area contributed by atoms with E-state index in [-0.39, 0.29) is 24.8 Å². The van der Waals surface area contributed by atoms with Crippen LogP contribution in [0.5, 0.6) is 0 Å². The zero-order valence-corrected chi connectivity index (χ0v) is 19.6. The Hall–Kier alpha value is -0.877. The predicted octanol–water partition coefficient (Wildman–Crippen LogP) is -1.71. The van der Waals surface area contributed by atoms with Crippen LogP contribution in [0.1, 0.15) is 47.9 Å². The van der Waals surface area contributed by atoms with E-state index in [1.165, 1.54) is 81.9 Å². The van der Waals surface area contributed by atoms with E-state index in [0.717, 1.165) is 6.42 Å². The third kappa shape index (κ3) is 3.17. The molecule has 3 aliphatic carbocycles. The minimum atomic E-state index is 0. The Morgan fingerprint density at radius 2 is 1.67 bits per heavy atom. The van der Waals surface area contributed by atoms with E-state index in [4.69, 9.17) is 0 Å². The van der Waals surface area contributed by atoms with Crippen LogP contribution in [0, 0.1) is 24.3 Å². The molecule has 2 aromatic rings. The van der Waals surface area contributed by atoms with Gasteiger partial charge in [0.1, 0.15) is 0 Å². The standard InChI is InChI=1S/C24H21.2ClH.Zr/c1-15-10-11-19-14-22-21(20(19)12-15)13-16(2)23(17-8-5-9-17)24(22)18-6-3-4-7-18;;;/h3-4,6,10-13H,5,7-9H2,1-2H3;2*1H;/q;;;+2/p-2. The van der Waals surface area contributed by atoms with Gasteiger partial charge < -0.3 is 24.8 Å². The van der Waals surface area contributed by atoms with Gasteiger partial charge >= 0.3 is 164 Å². The molecule has 0 amide bonds. The number of halogens is 2. The number of benzene rings is 2. The van der Waals surface area contributed by atoms with Crippen LogP contribution in [0.2, 0.25) is 0 Å². The second kappa shape index (κ2) is 7.86. The van der Waals surface area contributed by atoms with Gasteiger partial charge in [-0.15, -0.1) is 0 Å². The second-order valence-corrected chi connectivity index (χ2v) is 8.80. The zero-order valence-electron chi connectivity index (χ0n) is 15.6. The summed E-state index contributed by atoms with van der Waals surface area (Å²) in [5, 5.41) is 5.95. The van der Waals surface area contributed by atoms with Crippen molar-refractivity contribution in [2.24, 2.45) is 0 Å². The van der Waals surface area contributed by atoms with Crippen molar-refractivity contribution in [2.45, 2.75) is 39.5 Å². The molecule has 3 heteroatoms. The Morgan fingerprint density at radius 3 is 2.30 bits per heavy atom. The largest absolute Gasteiger partial charge is 1.00 e. The molecule has 135 valence electrons. The Morgan fingerprint density at radius 1 is 0.889 bits per heavy atom. The monoisotopic (exact) mass is 469 g/mol. The molecule has 0 unspecified atom stereocenters.